The first kappa shape index (κ1) is 27.4. The largest absolute Gasteiger partial charge is 0.366 e. The first-order valence-corrected chi connectivity index (χ1v) is 14.3. The maximum Gasteiger partial charge on any atom is 0.101 e. The molecule has 4 aromatic carbocycles. The fourth-order valence-electron chi connectivity index (χ4n) is 5.50. The molecule has 0 fully saturated rings. The molecule has 0 saturated carbocycles. The van der Waals surface area contributed by atoms with Crippen LogP contribution >= 0.6 is 0 Å². The quantitative estimate of drug-likeness (QED) is 0.238. The van der Waals surface area contributed by atoms with Crippen molar-refractivity contribution in [2.24, 2.45) is 11.7 Å². The second-order valence-electron chi connectivity index (χ2n) is 11.3. The number of hydrogen-bond acceptors (Lipinski definition) is 2. The van der Waals surface area contributed by atoms with E-state index in [4.69, 9.17) is 5.73 Å². The lowest BCUT2D eigenvalue weighted by Gasteiger charge is -2.32. The lowest BCUT2D eigenvalue weighted by Crippen LogP contribution is -2.27. The minimum atomic E-state index is -0.290. The number of nitrogens with one attached hydrogen (secondary N) is 1. The minimum absolute atomic E-state index is 0.0436. The molecule has 2 unspecified atom stereocenters. The number of allylic oxidation sites excluding steroid dienone is 5. The van der Waals surface area contributed by atoms with E-state index in [1.54, 1.807) is 0 Å². The summed E-state index contributed by atoms with van der Waals surface area (Å²) in [4.78, 5) is 0. The highest BCUT2D eigenvalue weighted by Crippen LogP contribution is 2.37. The first-order valence-electron chi connectivity index (χ1n) is 14.3. The van der Waals surface area contributed by atoms with Gasteiger partial charge in [0.1, 0.15) is 6.17 Å². The summed E-state index contributed by atoms with van der Waals surface area (Å²) in [6, 6.07) is 38.4. The topological polar surface area (TPSA) is 38.0 Å². The maximum atomic E-state index is 6.56. The van der Waals surface area contributed by atoms with E-state index in [2.05, 4.69) is 135 Å². The number of fused-ring (bicyclic) bond motifs is 1. The summed E-state index contributed by atoms with van der Waals surface area (Å²) in [5, 5.41) is 3.56. The average molecular weight is 525 g/mol. The Morgan fingerprint density at radius 3 is 2.38 bits per heavy atom. The smallest absolute Gasteiger partial charge is 0.101 e. The number of benzene rings is 4. The number of rotatable bonds is 7. The van der Waals surface area contributed by atoms with Crippen molar-refractivity contribution in [1.29, 1.82) is 0 Å². The highest BCUT2D eigenvalue weighted by molar-refractivity contribution is 5.75. The van der Waals surface area contributed by atoms with Crippen LogP contribution in [0.15, 0.2) is 133 Å². The van der Waals surface area contributed by atoms with Crippen LogP contribution in [0.1, 0.15) is 60.3 Å². The molecule has 1 aliphatic carbocycles. The van der Waals surface area contributed by atoms with Gasteiger partial charge in [0.05, 0.1) is 0 Å². The monoisotopic (exact) mass is 524 g/mol. The predicted molar refractivity (Wildman–Crippen MR) is 171 cm³/mol. The molecule has 0 saturated heterocycles. The second-order valence-corrected chi connectivity index (χ2v) is 11.3. The molecule has 2 atom stereocenters. The van der Waals surface area contributed by atoms with E-state index < -0.39 is 0 Å². The summed E-state index contributed by atoms with van der Waals surface area (Å²) in [6.07, 6.45) is 10.8. The molecular weight excluding hydrogens is 484 g/mol. The van der Waals surface area contributed by atoms with Gasteiger partial charge in [-0.1, -0.05) is 154 Å². The van der Waals surface area contributed by atoms with Gasteiger partial charge in [-0.25, -0.2) is 0 Å². The third-order valence-corrected chi connectivity index (χ3v) is 8.27. The summed E-state index contributed by atoms with van der Waals surface area (Å²) in [7, 11) is 0. The van der Waals surface area contributed by atoms with Crippen molar-refractivity contribution in [1.82, 2.24) is 5.32 Å². The third-order valence-electron chi connectivity index (χ3n) is 8.27. The molecule has 2 nitrogen and oxygen atoms in total. The van der Waals surface area contributed by atoms with Gasteiger partial charge in [0.2, 0.25) is 0 Å². The Morgan fingerprint density at radius 2 is 1.60 bits per heavy atom. The van der Waals surface area contributed by atoms with Crippen LogP contribution in [0, 0.1) is 5.92 Å². The SMILES string of the molecule is CC1/C=C(c2cccc(C/C=C(\NC(N)c3ccccc3)c3ccccc3)c2)\C=C/Cc2ccccc2C1(C)C. The Kier molecular flexibility index (Phi) is 8.48. The molecule has 4 aromatic rings. The summed E-state index contributed by atoms with van der Waals surface area (Å²) in [5.41, 5.74) is 16.5. The van der Waals surface area contributed by atoms with Crippen molar-refractivity contribution < 1.29 is 0 Å². The van der Waals surface area contributed by atoms with Crippen molar-refractivity contribution in [3.8, 4) is 0 Å². The third kappa shape index (κ3) is 6.35. The van der Waals surface area contributed by atoms with Crippen LogP contribution in [0.3, 0.4) is 0 Å². The summed E-state index contributed by atoms with van der Waals surface area (Å²) in [5.74, 6) is 0.378. The first-order chi connectivity index (χ1) is 19.4. The number of hydrogen-bond donors (Lipinski definition) is 2. The van der Waals surface area contributed by atoms with Gasteiger partial charge in [0, 0.05) is 5.70 Å². The van der Waals surface area contributed by atoms with Crippen molar-refractivity contribution in [3.05, 3.63) is 167 Å². The molecule has 0 amide bonds. The molecule has 2 heteroatoms. The van der Waals surface area contributed by atoms with E-state index in [1.165, 1.54) is 27.8 Å². The Balaban J connectivity index is 1.42. The normalized spacial score (nSPS) is 19.6. The fourth-order valence-corrected chi connectivity index (χ4v) is 5.50. The van der Waals surface area contributed by atoms with Gasteiger partial charge < -0.3 is 11.1 Å². The Labute approximate surface area is 240 Å². The van der Waals surface area contributed by atoms with Crippen molar-refractivity contribution >= 4 is 11.3 Å². The van der Waals surface area contributed by atoms with E-state index in [-0.39, 0.29) is 11.6 Å². The zero-order valence-corrected chi connectivity index (χ0v) is 23.8. The maximum absolute atomic E-state index is 6.56. The lowest BCUT2D eigenvalue weighted by atomic mass is 9.72. The predicted octanol–water partition coefficient (Wildman–Crippen LogP) is 8.63. The van der Waals surface area contributed by atoms with E-state index in [9.17, 15) is 0 Å². The molecule has 0 bridgehead atoms. The van der Waals surface area contributed by atoms with Gasteiger partial charge in [-0.15, -0.1) is 0 Å². The van der Waals surface area contributed by atoms with Gasteiger partial charge >= 0.3 is 0 Å². The standard InChI is InChI=1S/C38H40N2/c1-28-26-33(22-13-20-30-15-10-11-23-35(30)38(28,2)3)34-21-12-14-29(27-34)24-25-36(31-16-6-4-7-17-31)40-37(39)32-18-8-5-9-19-32/h4-19,21-23,25-28,37,40H,20,24,39H2,1-3H3/b22-13-,33-26+,36-25-. The summed E-state index contributed by atoms with van der Waals surface area (Å²) >= 11 is 0. The molecule has 0 aromatic heterocycles. The Morgan fingerprint density at radius 1 is 0.900 bits per heavy atom. The van der Waals surface area contributed by atoms with Crippen LogP contribution < -0.4 is 11.1 Å². The van der Waals surface area contributed by atoms with Crippen LogP contribution in [0.4, 0.5) is 0 Å². The number of nitrogens with two attached hydrogens (primary N) is 1. The zero-order valence-electron chi connectivity index (χ0n) is 23.8. The molecule has 0 aliphatic heterocycles. The molecule has 5 rings (SSSR count). The van der Waals surface area contributed by atoms with E-state index in [0.717, 1.165) is 29.7 Å². The zero-order chi connectivity index (χ0) is 28.0. The van der Waals surface area contributed by atoms with Gasteiger partial charge in [-0.3, -0.25) is 0 Å². The highest BCUT2D eigenvalue weighted by Gasteiger charge is 2.29. The molecule has 0 heterocycles. The van der Waals surface area contributed by atoms with Gasteiger partial charge in [-0.05, 0) is 63.1 Å². The fraction of sp³-hybridized carbons (Fsp3) is 0.211. The Hall–Kier alpha value is -4.14. The van der Waals surface area contributed by atoms with Gasteiger partial charge in [0.15, 0.2) is 0 Å². The molecule has 202 valence electrons. The van der Waals surface area contributed by atoms with Crippen molar-refractivity contribution in [3.63, 3.8) is 0 Å². The summed E-state index contributed by atoms with van der Waals surface area (Å²) in [6.45, 7) is 7.08. The van der Waals surface area contributed by atoms with E-state index in [1.807, 2.05) is 24.3 Å². The van der Waals surface area contributed by atoms with Crippen molar-refractivity contribution in [2.75, 3.05) is 0 Å². The molecule has 0 spiro atoms. The van der Waals surface area contributed by atoms with Crippen LogP contribution in [0.2, 0.25) is 0 Å². The average Bonchev–Trinajstić information content (AvgIpc) is 3.04. The van der Waals surface area contributed by atoms with Gasteiger partial charge in [0.25, 0.3) is 0 Å². The summed E-state index contributed by atoms with van der Waals surface area (Å²) < 4.78 is 0. The van der Waals surface area contributed by atoms with Crippen LogP contribution in [0.5, 0.6) is 0 Å². The minimum Gasteiger partial charge on any atom is -0.366 e. The van der Waals surface area contributed by atoms with Crippen LogP contribution in [0.25, 0.3) is 11.3 Å². The molecule has 0 radical (unpaired) electrons. The van der Waals surface area contributed by atoms with Crippen LogP contribution in [-0.4, -0.2) is 0 Å². The Bertz CT molecular complexity index is 1510. The van der Waals surface area contributed by atoms with E-state index in [0.29, 0.717) is 5.92 Å². The van der Waals surface area contributed by atoms with Crippen LogP contribution in [-0.2, 0) is 18.3 Å². The highest BCUT2D eigenvalue weighted by atomic mass is 15.0. The molecular formula is C38H40N2. The lowest BCUT2D eigenvalue weighted by molar-refractivity contribution is 0.408. The molecule has 40 heavy (non-hydrogen) atoms. The van der Waals surface area contributed by atoms with Gasteiger partial charge in [-0.2, -0.15) is 0 Å². The second kappa shape index (κ2) is 12.4. The molecule has 1 aliphatic rings. The van der Waals surface area contributed by atoms with E-state index >= 15 is 0 Å². The van der Waals surface area contributed by atoms with Crippen molar-refractivity contribution in [2.45, 2.75) is 45.2 Å². The molecule has 3 N–H and O–H groups in total.